The Kier molecular flexibility index (Phi) is 6.98. The number of thiophene rings is 1. The predicted octanol–water partition coefficient (Wildman–Crippen LogP) is 3.29. The molecular weight excluding hydrogens is 438 g/mol. The minimum Gasteiger partial charge on any atom is -0.481 e. The lowest BCUT2D eigenvalue weighted by Crippen LogP contribution is -2.25. The van der Waals surface area contributed by atoms with Crippen LogP contribution in [0.3, 0.4) is 0 Å². The molecule has 0 aliphatic rings. The third kappa shape index (κ3) is 5.43. The highest BCUT2D eigenvalue weighted by atomic mass is 32.2. The standard InChI is InChI=1S/C20H23N5O4S2/c1-12-14(3)30-20-18(12)19(21-11-22-20)25-24-13(2)15-6-8-16(9-7-15)31(28,29)23-10-4-5-17(26)27/h6-9,11,23H,4-5,10H2,1-3H3,(H,26,27)(H,21,22,25)/b24-13+. The molecule has 2 heterocycles. The van der Waals surface area contributed by atoms with E-state index >= 15 is 0 Å². The smallest absolute Gasteiger partial charge is 0.303 e. The van der Waals surface area contributed by atoms with E-state index in [1.807, 2.05) is 20.8 Å². The number of carbonyl (C=O) groups is 1. The molecule has 0 atom stereocenters. The molecule has 0 bridgehead atoms. The molecule has 11 heteroatoms. The van der Waals surface area contributed by atoms with Crippen molar-refractivity contribution < 1.29 is 18.3 Å². The SMILES string of the molecule is C/C(=N\Nc1ncnc2sc(C)c(C)c12)c1ccc(S(=O)(=O)NCCCC(=O)O)cc1. The minimum atomic E-state index is -3.70. The number of benzene rings is 1. The summed E-state index contributed by atoms with van der Waals surface area (Å²) in [6.45, 7) is 5.94. The molecule has 0 unspecified atom stereocenters. The lowest BCUT2D eigenvalue weighted by molar-refractivity contribution is -0.137. The second-order valence-electron chi connectivity index (χ2n) is 6.91. The Morgan fingerprint density at radius 3 is 2.58 bits per heavy atom. The van der Waals surface area contributed by atoms with Gasteiger partial charge in [-0.1, -0.05) is 12.1 Å². The largest absolute Gasteiger partial charge is 0.481 e. The number of aryl methyl sites for hydroxylation is 2. The summed E-state index contributed by atoms with van der Waals surface area (Å²) in [5, 5.41) is 14.0. The predicted molar refractivity (Wildman–Crippen MR) is 121 cm³/mol. The zero-order valence-corrected chi connectivity index (χ0v) is 19.0. The monoisotopic (exact) mass is 461 g/mol. The van der Waals surface area contributed by atoms with E-state index in [0.717, 1.165) is 21.3 Å². The number of carboxylic acids is 1. The number of carboxylic acid groups (broad SMARTS) is 1. The van der Waals surface area contributed by atoms with E-state index in [1.165, 1.54) is 23.3 Å². The Hall–Kier alpha value is -2.89. The third-order valence-electron chi connectivity index (χ3n) is 4.74. The summed E-state index contributed by atoms with van der Waals surface area (Å²) >= 11 is 1.60. The number of nitrogens with zero attached hydrogens (tertiary/aromatic N) is 3. The van der Waals surface area contributed by atoms with Gasteiger partial charge in [-0.05, 0) is 50.5 Å². The Morgan fingerprint density at radius 1 is 1.19 bits per heavy atom. The van der Waals surface area contributed by atoms with Gasteiger partial charge in [0.1, 0.15) is 11.2 Å². The highest BCUT2D eigenvalue weighted by Crippen LogP contribution is 2.32. The van der Waals surface area contributed by atoms with Gasteiger partial charge in [0.25, 0.3) is 0 Å². The van der Waals surface area contributed by atoms with E-state index in [0.29, 0.717) is 11.5 Å². The fourth-order valence-electron chi connectivity index (χ4n) is 2.87. The Labute approximate surface area is 184 Å². The molecule has 164 valence electrons. The number of anilines is 1. The zero-order valence-electron chi connectivity index (χ0n) is 17.3. The first kappa shape index (κ1) is 22.8. The lowest BCUT2D eigenvalue weighted by Gasteiger charge is -2.08. The summed E-state index contributed by atoms with van der Waals surface area (Å²) in [5.74, 6) is -0.338. The van der Waals surface area contributed by atoms with Gasteiger partial charge in [0.15, 0.2) is 5.82 Å². The number of rotatable bonds is 9. The first-order valence-electron chi connectivity index (χ1n) is 9.52. The molecule has 0 aliphatic heterocycles. The first-order valence-corrected chi connectivity index (χ1v) is 11.8. The van der Waals surface area contributed by atoms with Gasteiger partial charge in [-0.2, -0.15) is 5.10 Å². The van der Waals surface area contributed by atoms with Crippen LogP contribution in [0, 0.1) is 13.8 Å². The fraction of sp³-hybridized carbons (Fsp3) is 0.300. The van der Waals surface area contributed by atoms with Crippen molar-refractivity contribution in [1.82, 2.24) is 14.7 Å². The van der Waals surface area contributed by atoms with Gasteiger partial charge in [-0.3, -0.25) is 10.2 Å². The normalized spacial score (nSPS) is 12.3. The lowest BCUT2D eigenvalue weighted by atomic mass is 10.1. The van der Waals surface area contributed by atoms with Crippen molar-refractivity contribution in [3.63, 3.8) is 0 Å². The van der Waals surface area contributed by atoms with Gasteiger partial charge in [-0.15, -0.1) is 11.3 Å². The van der Waals surface area contributed by atoms with Crippen molar-refractivity contribution in [1.29, 1.82) is 0 Å². The van der Waals surface area contributed by atoms with Gasteiger partial charge in [0.2, 0.25) is 10.0 Å². The van der Waals surface area contributed by atoms with Crippen LogP contribution in [0.4, 0.5) is 5.82 Å². The molecule has 2 aromatic heterocycles. The van der Waals surface area contributed by atoms with Gasteiger partial charge >= 0.3 is 5.97 Å². The quantitative estimate of drug-likeness (QED) is 0.253. The fourth-order valence-corrected chi connectivity index (χ4v) is 4.94. The molecule has 31 heavy (non-hydrogen) atoms. The molecule has 3 aromatic rings. The van der Waals surface area contributed by atoms with Crippen LogP contribution in [0.5, 0.6) is 0 Å². The molecule has 0 saturated heterocycles. The Bertz CT molecular complexity index is 1230. The number of aromatic nitrogens is 2. The van der Waals surface area contributed by atoms with Crippen LogP contribution in [0.25, 0.3) is 10.2 Å². The summed E-state index contributed by atoms with van der Waals surface area (Å²) < 4.78 is 27.0. The second kappa shape index (κ2) is 9.50. The topological polar surface area (TPSA) is 134 Å². The average molecular weight is 462 g/mol. The van der Waals surface area contributed by atoms with Crippen molar-refractivity contribution in [3.8, 4) is 0 Å². The summed E-state index contributed by atoms with van der Waals surface area (Å²) in [6.07, 6.45) is 1.63. The number of nitrogens with one attached hydrogen (secondary N) is 2. The summed E-state index contributed by atoms with van der Waals surface area (Å²) in [6, 6.07) is 6.32. The number of sulfonamides is 1. The number of hydrogen-bond donors (Lipinski definition) is 3. The molecule has 0 fully saturated rings. The second-order valence-corrected chi connectivity index (χ2v) is 9.88. The molecule has 1 aromatic carbocycles. The van der Waals surface area contributed by atoms with Gasteiger partial charge in [0.05, 0.1) is 16.0 Å². The van der Waals surface area contributed by atoms with E-state index in [1.54, 1.807) is 23.5 Å². The van der Waals surface area contributed by atoms with Crippen LogP contribution in [-0.4, -0.2) is 41.7 Å². The van der Waals surface area contributed by atoms with Crippen molar-refractivity contribution in [2.75, 3.05) is 12.0 Å². The molecule has 9 nitrogen and oxygen atoms in total. The van der Waals surface area contributed by atoms with Crippen molar-refractivity contribution in [3.05, 3.63) is 46.6 Å². The van der Waals surface area contributed by atoms with Crippen LogP contribution in [0.15, 0.2) is 40.6 Å². The van der Waals surface area contributed by atoms with E-state index in [2.05, 4.69) is 25.2 Å². The summed E-state index contributed by atoms with van der Waals surface area (Å²) in [7, 11) is -3.70. The highest BCUT2D eigenvalue weighted by molar-refractivity contribution is 7.89. The molecule has 0 amide bonds. The zero-order chi connectivity index (χ0) is 22.6. The van der Waals surface area contributed by atoms with E-state index in [4.69, 9.17) is 5.11 Å². The van der Waals surface area contributed by atoms with Crippen LogP contribution in [0.1, 0.15) is 35.8 Å². The molecule has 0 saturated carbocycles. The van der Waals surface area contributed by atoms with E-state index in [-0.39, 0.29) is 24.3 Å². The van der Waals surface area contributed by atoms with E-state index < -0.39 is 16.0 Å². The van der Waals surface area contributed by atoms with Crippen LogP contribution in [-0.2, 0) is 14.8 Å². The number of fused-ring (bicyclic) bond motifs is 1. The van der Waals surface area contributed by atoms with Crippen LogP contribution >= 0.6 is 11.3 Å². The van der Waals surface area contributed by atoms with Crippen LogP contribution < -0.4 is 10.1 Å². The van der Waals surface area contributed by atoms with Crippen molar-refractivity contribution in [2.45, 2.75) is 38.5 Å². The van der Waals surface area contributed by atoms with Gasteiger partial charge < -0.3 is 5.11 Å². The van der Waals surface area contributed by atoms with Crippen molar-refractivity contribution >= 4 is 49.1 Å². The Balaban J connectivity index is 1.71. The number of hydrogen-bond acceptors (Lipinski definition) is 8. The van der Waals surface area contributed by atoms with Crippen molar-refractivity contribution in [2.24, 2.45) is 5.10 Å². The number of aliphatic carboxylic acids is 1. The summed E-state index contributed by atoms with van der Waals surface area (Å²) in [5.41, 5.74) is 5.52. The molecule has 3 N–H and O–H groups in total. The maximum atomic E-state index is 12.3. The number of hydrazone groups is 1. The summed E-state index contributed by atoms with van der Waals surface area (Å²) in [4.78, 5) is 21.3. The molecule has 3 rings (SSSR count). The van der Waals surface area contributed by atoms with Gasteiger partial charge in [0, 0.05) is 17.8 Å². The molecule has 0 radical (unpaired) electrons. The van der Waals surface area contributed by atoms with Crippen LogP contribution in [0.2, 0.25) is 0 Å². The third-order valence-corrected chi connectivity index (χ3v) is 7.33. The highest BCUT2D eigenvalue weighted by Gasteiger charge is 2.14. The first-order chi connectivity index (χ1) is 14.7. The molecule has 0 aliphatic carbocycles. The Morgan fingerprint density at radius 2 is 1.90 bits per heavy atom. The maximum Gasteiger partial charge on any atom is 0.303 e. The average Bonchev–Trinajstić information content (AvgIpc) is 3.03. The molecule has 0 spiro atoms. The van der Waals surface area contributed by atoms with E-state index in [9.17, 15) is 13.2 Å². The maximum absolute atomic E-state index is 12.3. The minimum absolute atomic E-state index is 0.0651. The molecular formula is C20H23N5O4S2. The van der Waals surface area contributed by atoms with Gasteiger partial charge in [-0.25, -0.2) is 23.1 Å².